The average Bonchev–Trinajstić information content (AvgIpc) is 3.54. The number of imide groups is 1. The molecule has 10 nitrogen and oxygen atoms in total. The molecule has 0 spiro atoms. The second-order valence-corrected chi connectivity index (χ2v) is 18.0. The summed E-state index contributed by atoms with van der Waals surface area (Å²) in [6.07, 6.45) is 46.4. The van der Waals surface area contributed by atoms with Crippen molar-refractivity contribution in [1.29, 1.82) is 0 Å². The van der Waals surface area contributed by atoms with Crippen molar-refractivity contribution in [2.75, 3.05) is 47.4 Å². The highest BCUT2D eigenvalue weighted by Crippen LogP contribution is 2.17. The van der Waals surface area contributed by atoms with E-state index in [4.69, 9.17) is 9.47 Å². The van der Waals surface area contributed by atoms with Crippen LogP contribution in [0, 0.1) is 0 Å². The van der Waals surface area contributed by atoms with Crippen molar-refractivity contribution in [3.8, 4) is 0 Å². The number of aliphatic imine (C=N–C) groups is 1. The number of aldehydes is 2. The van der Waals surface area contributed by atoms with E-state index in [0.29, 0.717) is 31.6 Å². The topological polar surface area (TPSA) is 118 Å². The van der Waals surface area contributed by atoms with E-state index >= 15 is 0 Å². The Hall–Kier alpha value is -2.17. The van der Waals surface area contributed by atoms with E-state index in [-0.39, 0.29) is 11.7 Å². The zero-order valence-electron chi connectivity index (χ0n) is 42.7. The van der Waals surface area contributed by atoms with Crippen LogP contribution in [-0.4, -0.2) is 99.8 Å². The maximum absolute atomic E-state index is 11.8. The highest BCUT2D eigenvalue weighted by Gasteiger charge is 2.31. The molecule has 1 aliphatic heterocycles. The largest absolute Gasteiger partial charge is 0.381 e. The Morgan fingerprint density at radius 3 is 1.25 bits per heavy atom. The summed E-state index contributed by atoms with van der Waals surface area (Å²) in [4.78, 5) is 51.8. The Kier molecular flexibility index (Phi) is 50.8. The molecule has 1 rings (SSSR count). The summed E-state index contributed by atoms with van der Waals surface area (Å²) in [7, 11) is 5.16. The summed E-state index contributed by atoms with van der Waals surface area (Å²) < 4.78 is 10.9. The summed E-state index contributed by atoms with van der Waals surface area (Å²) in [6.45, 7) is 12.6. The lowest BCUT2D eigenvalue weighted by Gasteiger charge is -2.22. The van der Waals surface area contributed by atoms with Crippen molar-refractivity contribution in [1.82, 2.24) is 15.1 Å². The number of ether oxygens (including phenoxy) is 2. The number of hydrogen-bond acceptors (Lipinski definition) is 8. The Bertz CT molecular complexity index is 1000. The molecule has 63 heavy (non-hydrogen) atoms. The van der Waals surface area contributed by atoms with E-state index in [0.717, 1.165) is 88.5 Å². The van der Waals surface area contributed by atoms with Gasteiger partial charge in [-0.25, -0.2) is 4.79 Å². The van der Waals surface area contributed by atoms with Gasteiger partial charge in [0.1, 0.15) is 12.6 Å². The van der Waals surface area contributed by atoms with Gasteiger partial charge in [-0.15, -0.1) is 0 Å². The summed E-state index contributed by atoms with van der Waals surface area (Å²) in [5.41, 5.74) is 0. The monoisotopic (exact) mass is 893 g/mol. The Labute approximate surface area is 390 Å². The number of amides is 3. The lowest BCUT2D eigenvalue weighted by molar-refractivity contribution is -0.119. The normalized spacial score (nSPS) is 13.6. The van der Waals surface area contributed by atoms with Gasteiger partial charge >= 0.3 is 6.03 Å². The maximum atomic E-state index is 11.8. The van der Waals surface area contributed by atoms with E-state index in [1.54, 1.807) is 0 Å². The first-order chi connectivity index (χ1) is 30.8. The molecule has 10 heteroatoms. The van der Waals surface area contributed by atoms with Crippen molar-refractivity contribution in [3.63, 3.8) is 0 Å². The molecule has 3 amide bonds. The number of hydrogen-bond donors (Lipinski definition) is 1. The molecular weight excluding hydrogens is 789 g/mol. The summed E-state index contributed by atoms with van der Waals surface area (Å²) in [6, 6.07) is -0.424. The minimum Gasteiger partial charge on any atom is -0.381 e. The van der Waals surface area contributed by atoms with Gasteiger partial charge in [0.2, 0.25) is 0 Å². The van der Waals surface area contributed by atoms with Gasteiger partial charge in [-0.3, -0.25) is 20.0 Å². The minimum absolute atomic E-state index is 0.143. The van der Waals surface area contributed by atoms with Crippen LogP contribution < -0.4 is 5.32 Å². The van der Waals surface area contributed by atoms with E-state index in [1.165, 1.54) is 168 Å². The van der Waals surface area contributed by atoms with Gasteiger partial charge in [-0.2, -0.15) is 0 Å². The molecule has 0 radical (unpaired) electrons. The van der Waals surface area contributed by atoms with Crippen molar-refractivity contribution in [2.45, 2.75) is 265 Å². The summed E-state index contributed by atoms with van der Waals surface area (Å²) in [5, 5.41) is 2.50. The minimum atomic E-state index is -0.424. The summed E-state index contributed by atoms with van der Waals surface area (Å²) in [5.74, 6) is -0.226. The number of urea groups is 1. The van der Waals surface area contributed by atoms with Gasteiger partial charge in [-0.05, 0) is 77.4 Å². The van der Waals surface area contributed by atoms with Crippen molar-refractivity contribution < 1.29 is 28.7 Å². The van der Waals surface area contributed by atoms with Crippen molar-refractivity contribution in [3.05, 3.63) is 0 Å². The molecule has 1 unspecified atom stereocenters. The van der Waals surface area contributed by atoms with Crippen LogP contribution in [0.4, 0.5) is 4.79 Å². The number of likely N-dealkylation sites (N-methyl/N-ethyl adjacent to an activating group) is 1. The van der Waals surface area contributed by atoms with Crippen LogP contribution in [0.2, 0.25) is 0 Å². The molecule has 1 fully saturated rings. The number of rotatable bonds is 44. The van der Waals surface area contributed by atoms with E-state index in [2.05, 4.69) is 42.9 Å². The molecule has 0 saturated carbocycles. The standard InChI is InChI=1S/C23H40N4O4.C18H38O.C12H26O/c1-26-22(30)21(25-23(26)31)24-15-14-18-27(16-10-6-2-4-8-12-19-28)17-11-7-3-5-9-13-20-29;1-4-6-8-10-12-14-16-18(19-3)17-15-13-11-9-7-5-2;1-4-6-7-8-9-10-11-12(5-2)13-3/h19-20H,2-18H2,1H3,(H,24,25,31);18H,4-17H2,1-3H3;12H,4-11H2,1-3H3. The molecule has 0 aromatic heterocycles. The number of nitrogens with one attached hydrogen (secondary N) is 1. The first kappa shape index (κ1) is 62.9. The predicted molar refractivity (Wildman–Crippen MR) is 268 cm³/mol. The molecule has 372 valence electrons. The number of carbonyl (C=O) groups is 4. The Morgan fingerprint density at radius 2 is 0.889 bits per heavy atom. The second-order valence-electron chi connectivity index (χ2n) is 18.0. The first-order valence-corrected chi connectivity index (χ1v) is 26.6. The van der Waals surface area contributed by atoms with Gasteiger partial charge < -0.3 is 24.0 Å². The van der Waals surface area contributed by atoms with E-state index < -0.39 is 6.03 Å². The van der Waals surface area contributed by atoms with Gasteiger partial charge in [0.15, 0.2) is 5.84 Å². The average molecular weight is 893 g/mol. The van der Waals surface area contributed by atoms with Gasteiger partial charge in [-0.1, -0.05) is 182 Å². The number of unbranched alkanes of at least 4 members (excludes halogenated alkanes) is 25. The molecule has 1 N–H and O–H groups in total. The van der Waals surface area contributed by atoms with E-state index in [1.807, 2.05) is 14.2 Å². The fraction of sp³-hybridized carbons (Fsp3) is 0.906. The Morgan fingerprint density at radius 1 is 0.524 bits per heavy atom. The molecular formula is C53H104N4O6. The van der Waals surface area contributed by atoms with Crippen molar-refractivity contribution in [2.24, 2.45) is 4.99 Å². The van der Waals surface area contributed by atoms with Crippen LogP contribution in [0.15, 0.2) is 4.99 Å². The third-order valence-electron chi connectivity index (χ3n) is 12.3. The fourth-order valence-electron chi connectivity index (χ4n) is 7.93. The molecule has 1 heterocycles. The second kappa shape index (κ2) is 50.8. The molecule has 1 saturated heterocycles. The van der Waals surface area contributed by atoms with Crippen molar-refractivity contribution >= 4 is 30.3 Å². The lowest BCUT2D eigenvalue weighted by Crippen LogP contribution is -2.28. The molecule has 0 bridgehead atoms. The molecule has 1 aliphatic rings. The van der Waals surface area contributed by atoms with Gasteiger partial charge in [0, 0.05) is 40.7 Å². The quantitative estimate of drug-likeness (QED) is 0.0368. The van der Waals surface area contributed by atoms with Crippen LogP contribution in [-0.2, 0) is 23.9 Å². The zero-order valence-corrected chi connectivity index (χ0v) is 42.7. The smallest absolute Gasteiger partial charge is 0.329 e. The first-order valence-electron chi connectivity index (χ1n) is 26.6. The number of methoxy groups -OCH3 is 2. The highest BCUT2D eigenvalue weighted by atomic mass is 16.5. The molecule has 1 atom stereocenters. The third kappa shape index (κ3) is 42.2. The number of carbonyl (C=O) groups excluding carboxylic acids is 4. The summed E-state index contributed by atoms with van der Waals surface area (Å²) >= 11 is 0. The number of amidine groups is 1. The molecule has 0 aliphatic carbocycles. The third-order valence-corrected chi connectivity index (χ3v) is 12.3. The van der Waals surface area contributed by atoms with Crippen LogP contribution in [0.1, 0.15) is 252 Å². The van der Waals surface area contributed by atoms with Gasteiger partial charge in [0.05, 0.1) is 12.2 Å². The molecule has 0 aromatic carbocycles. The van der Waals surface area contributed by atoms with Crippen LogP contribution >= 0.6 is 0 Å². The zero-order chi connectivity index (χ0) is 46.9. The number of nitrogens with zero attached hydrogens (tertiary/aromatic N) is 3. The Balaban J connectivity index is 0. The van der Waals surface area contributed by atoms with Crippen LogP contribution in [0.25, 0.3) is 0 Å². The maximum Gasteiger partial charge on any atom is 0.329 e. The lowest BCUT2D eigenvalue weighted by atomic mass is 10.0. The van der Waals surface area contributed by atoms with E-state index in [9.17, 15) is 19.2 Å². The van der Waals surface area contributed by atoms with Crippen LogP contribution in [0.3, 0.4) is 0 Å². The highest BCUT2D eigenvalue weighted by molar-refractivity contribution is 6.46. The fourth-order valence-corrected chi connectivity index (χ4v) is 7.93. The molecule has 0 aromatic rings. The predicted octanol–water partition coefficient (Wildman–Crippen LogP) is 14.0. The SMILES string of the molecule is CCCCCCCCC(CC)OC.CCCCCCCCC(CCCCCCCC)OC.CN1C(=O)NC(=NCCCN(CCCCCCCC=O)CCCCCCCC=O)C1=O. The van der Waals surface area contributed by atoms with Crippen LogP contribution in [0.5, 0.6) is 0 Å². The van der Waals surface area contributed by atoms with Gasteiger partial charge in [0.25, 0.3) is 5.91 Å².